The average Bonchev–Trinajstić information content (AvgIpc) is 3.19. The molecule has 9 amide bonds. The van der Waals surface area contributed by atoms with E-state index < -0.39 is 108 Å². The summed E-state index contributed by atoms with van der Waals surface area (Å²) in [7, 11) is 0. The Hall–Kier alpha value is -6.34. The summed E-state index contributed by atoms with van der Waals surface area (Å²) in [5.41, 5.74) is 6.15. The number of carbonyl (C=O) groups is 10. The molecule has 1 aromatic carbocycles. The van der Waals surface area contributed by atoms with Crippen molar-refractivity contribution in [2.24, 2.45) is 23.5 Å². The Labute approximate surface area is 348 Å². The molecule has 1 aliphatic rings. The standard InChI is InChI=1S/C40H59N9O11/c1-22(2)33(36(41)55)47-38(57)34(23(3)4)48-39(58)35(26-14-10-7-11-15-26)49-37(56)28(19-42-24(5)50)46-30(52)17-16-29(51)43-20-31(53)44-21-32(54)45-27(40(59)60)18-25-12-8-6-9-13-25/h6,8-9,12-13,16-17,22-23,26-28,33-35H,7,10-11,14-15,18-21H2,1-5H3,(H2,41,55)(H,42,50)(H,43,51)(H,44,53)(H,45,54)(H,46,52)(H,47,57)(H,48,58)(H,49,56)(H,59,60)/b17-16+/t27-,28-,33-,34-,35-/m0/s1. The van der Waals surface area contributed by atoms with Gasteiger partial charge in [-0.2, -0.15) is 0 Å². The molecular weight excluding hydrogens is 782 g/mol. The second kappa shape index (κ2) is 25.2. The van der Waals surface area contributed by atoms with Crippen molar-refractivity contribution in [3.63, 3.8) is 0 Å². The Morgan fingerprint density at radius 3 is 1.82 bits per heavy atom. The van der Waals surface area contributed by atoms with Crippen molar-refractivity contribution in [3.05, 3.63) is 48.0 Å². The fourth-order valence-electron chi connectivity index (χ4n) is 6.30. The van der Waals surface area contributed by atoms with Crippen LogP contribution in [0, 0.1) is 17.8 Å². The van der Waals surface area contributed by atoms with Crippen molar-refractivity contribution in [2.45, 2.75) is 103 Å². The summed E-state index contributed by atoms with van der Waals surface area (Å²) < 4.78 is 0. The number of nitrogens with one attached hydrogen (secondary N) is 8. The van der Waals surface area contributed by atoms with Crippen LogP contribution in [-0.2, 0) is 54.4 Å². The normalized spacial score (nSPS) is 15.3. The highest BCUT2D eigenvalue weighted by Crippen LogP contribution is 2.27. The van der Waals surface area contributed by atoms with Gasteiger partial charge >= 0.3 is 5.97 Å². The lowest BCUT2D eigenvalue weighted by Gasteiger charge is -2.33. The zero-order valence-corrected chi connectivity index (χ0v) is 34.6. The van der Waals surface area contributed by atoms with Gasteiger partial charge in [-0.15, -0.1) is 0 Å². The molecule has 0 heterocycles. The number of carbonyl (C=O) groups excluding carboxylic acids is 9. The summed E-state index contributed by atoms with van der Waals surface area (Å²) in [6.45, 7) is 6.44. The third-order valence-corrected chi connectivity index (χ3v) is 9.58. The van der Waals surface area contributed by atoms with E-state index in [1.54, 1.807) is 58.0 Å². The maximum Gasteiger partial charge on any atom is 0.326 e. The SMILES string of the molecule is CC(=O)NC[C@H](NC(=O)/C=C/C(=O)NCC(=O)NCC(=O)N[C@@H](Cc1ccccc1)C(=O)O)C(=O)N[C@H](C(=O)N[C@H](C(=O)N[C@H](C(N)=O)C(C)C)C(C)C)C1CCCCC1. The van der Waals surface area contributed by atoms with Crippen LogP contribution in [0.1, 0.15) is 72.3 Å². The van der Waals surface area contributed by atoms with Gasteiger partial charge in [0.2, 0.25) is 53.2 Å². The summed E-state index contributed by atoms with van der Waals surface area (Å²) >= 11 is 0. The first-order valence-corrected chi connectivity index (χ1v) is 19.8. The number of nitrogens with two attached hydrogens (primary N) is 1. The highest BCUT2D eigenvalue weighted by atomic mass is 16.4. The van der Waals surface area contributed by atoms with E-state index in [0.717, 1.165) is 31.4 Å². The number of carboxylic acid groups (broad SMARTS) is 1. The number of hydrogen-bond acceptors (Lipinski definition) is 10. The molecule has 20 heteroatoms. The van der Waals surface area contributed by atoms with Crippen molar-refractivity contribution >= 4 is 59.1 Å². The molecule has 0 radical (unpaired) electrons. The maximum atomic E-state index is 13.9. The molecule has 0 bridgehead atoms. The molecule has 1 fully saturated rings. The number of amides is 9. The molecule has 0 unspecified atom stereocenters. The van der Waals surface area contributed by atoms with Crippen LogP contribution in [0.4, 0.5) is 0 Å². The monoisotopic (exact) mass is 841 g/mol. The molecule has 1 aromatic rings. The Bertz CT molecular complexity index is 1730. The fourth-order valence-corrected chi connectivity index (χ4v) is 6.30. The van der Waals surface area contributed by atoms with E-state index in [4.69, 9.17) is 5.73 Å². The second-order valence-electron chi connectivity index (χ2n) is 15.2. The van der Waals surface area contributed by atoms with Gasteiger partial charge in [-0.1, -0.05) is 77.3 Å². The first-order valence-electron chi connectivity index (χ1n) is 19.8. The third kappa shape index (κ3) is 18.1. The van der Waals surface area contributed by atoms with E-state index in [2.05, 4.69) is 42.5 Å². The third-order valence-electron chi connectivity index (χ3n) is 9.58. The van der Waals surface area contributed by atoms with E-state index in [1.807, 2.05) is 0 Å². The summed E-state index contributed by atoms with van der Waals surface area (Å²) in [5.74, 6) is -9.15. The van der Waals surface area contributed by atoms with E-state index in [1.165, 1.54) is 6.92 Å². The number of carboxylic acids is 1. The lowest BCUT2D eigenvalue weighted by molar-refractivity contribution is -0.141. The van der Waals surface area contributed by atoms with Crippen LogP contribution in [0.5, 0.6) is 0 Å². The van der Waals surface area contributed by atoms with Crippen LogP contribution in [0.2, 0.25) is 0 Å². The van der Waals surface area contributed by atoms with Gasteiger partial charge in [0.15, 0.2) is 0 Å². The molecule has 20 nitrogen and oxygen atoms in total. The van der Waals surface area contributed by atoms with Gasteiger partial charge in [-0.3, -0.25) is 43.2 Å². The van der Waals surface area contributed by atoms with Gasteiger partial charge < -0.3 is 53.4 Å². The van der Waals surface area contributed by atoms with E-state index in [0.29, 0.717) is 18.4 Å². The van der Waals surface area contributed by atoms with Crippen LogP contribution in [0.25, 0.3) is 0 Å². The Kier molecular flexibility index (Phi) is 20.9. The van der Waals surface area contributed by atoms with Crippen LogP contribution >= 0.6 is 0 Å². The molecule has 60 heavy (non-hydrogen) atoms. The number of primary amides is 1. The van der Waals surface area contributed by atoms with Crippen LogP contribution in [-0.4, -0.2) is 114 Å². The van der Waals surface area contributed by atoms with E-state index >= 15 is 0 Å². The number of benzene rings is 1. The summed E-state index contributed by atoms with van der Waals surface area (Å²) in [6.07, 6.45) is 5.23. The van der Waals surface area contributed by atoms with Crippen molar-refractivity contribution < 1.29 is 53.1 Å². The highest BCUT2D eigenvalue weighted by molar-refractivity contribution is 6.00. The number of hydrogen-bond donors (Lipinski definition) is 10. The topological polar surface area (TPSA) is 313 Å². The quantitative estimate of drug-likeness (QED) is 0.0540. The Balaban J connectivity index is 2.04. The molecular formula is C40H59N9O11. The van der Waals surface area contributed by atoms with Gasteiger partial charge in [0, 0.05) is 32.0 Å². The van der Waals surface area contributed by atoms with Crippen LogP contribution in [0.3, 0.4) is 0 Å². The molecule has 1 aliphatic carbocycles. The molecule has 5 atom stereocenters. The molecule has 11 N–H and O–H groups in total. The predicted molar refractivity (Wildman–Crippen MR) is 217 cm³/mol. The van der Waals surface area contributed by atoms with Crippen LogP contribution in [0.15, 0.2) is 42.5 Å². The van der Waals surface area contributed by atoms with E-state index in [9.17, 15) is 53.1 Å². The highest BCUT2D eigenvalue weighted by Gasteiger charge is 2.37. The fraction of sp³-hybridized carbons (Fsp3) is 0.550. The molecule has 330 valence electrons. The van der Waals surface area contributed by atoms with E-state index in [-0.39, 0.29) is 24.8 Å². The minimum Gasteiger partial charge on any atom is -0.480 e. The average molecular weight is 842 g/mol. The van der Waals surface area contributed by atoms with Crippen LogP contribution < -0.4 is 48.3 Å². The Morgan fingerprint density at radius 2 is 1.25 bits per heavy atom. The number of rotatable bonds is 23. The van der Waals surface area contributed by atoms with Crippen molar-refractivity contribution in [2.75, 3.05) is 19.6 Å². The van der Waals surface area contributed by atoms with Gasteiger partial charge in [0.05, 0.1) is 13.1 Å². The maximum absolute atomic E-state index is 13.9. The van der Waals surface area contributed by atoms with Crippen molar-refractivity contribution in [3.8, 4) is 0 Å². The van der Waals surface area contributed by atoms with Gasteiger partial charge in [0.25, 0.3) is 0 Å². The van der Waals surface area contributed by atoms with Crippen molar-refractivity contribution in [1.29, 1.82) is 0 Å². The summed E-state index contributed by atoms with van der Waals surface area (Å²) in [6, 6.07) is 2.72. The lowest BCUT2D eigenvalue weighted by Crippen LogP contribution is -2.62. The van der Waals surface area contributed by atoms with Gasteiger partial charge in [-0.05, 0) is 36.2 Å². The minimum absolute atomic E-state index is 0.0174. The zero-order valence-electron chi connectivity index (χ0n) is 34.6. The first kappa shape index (κ1) is 49.8. The molecule has 1 saturated carbocycles. The molecule has 0 spiro atoms. The Morgan fingerprint density at radius 1 is 0.667 bits per heavy atom. The first-order chi connectivity index (χ1) is 28.3. The smallest absolute Gasteiger partial charge is 0.326 e. The largest absolute Gasteiger partial charge is 0.480 e. The lowest BCUT2D eigenvalue weighted by atomic mass is 9.83. The number of aliphatic carboxylic acids is 1. The second-order valence-corrected chi connectivity index (χ2v) is 15.2. The van der Waals surface area contributed by atoms with Crippen molar-refractivity contribution in [1.82, 2.24) is 42.5 Å². The molecule has 2 rings (SSSR count). The summed E-state index contributed by atoms with van der Waals surface area (Å²) in [5, 5.41) is 29.1. The molecule has 0 aromatic heterocycles. The summed E-state index contributed by atoms with van der Waals surface area (Å²) in [4.78, 5) is 126. The zero-order chi connectivity index (χ0) is 44.9. The molecule has 0 aliphatic heterocycles. The minimum atomic E-state index is -1.43. The molecule has 0 saturated heterocycles. The van der Waals surface area contributed by atoms with Gasteiger partial charge in [0.1, 0.15) is 30.2 Å². The van der Waals surface area contributed by atoms with Gasteiger partial charge in [-0.25, -0.2) is 4.79 Å². The predicted octanol–water partition coefficient (Wildman–Crippen LogP) is -1.96.